The predicted octanol–water partition coefficient (Wildman–Crippen LogP) is -0.447. The molecule has 1 fully saturated rings. The van der Waals surface area contributed by atoms with Gasteiger partial charge in [0, 0.05) is 19.6 Å². The zero-order valence-electron chi connectivity index (χ0n) is 8.46. The Labute approximate surface area is 83.0 Å². The average molecular weight is 203 g/mol. The first-order chi connectivity index (χ1) is 6.11. The zero-order valence-corrected chi connectivity index (χ0v) is 8.46. The summed E-state index contributed by atoms with van der Waals surface area (Å²) in [6.45, 7) is 5.62. The first-order valence-electron chi connectivity index (χ1n) is 4.44. The Hall–Kier alpha value is -1.30. The summed E-state index contributed by atoms with van der Waals surface area (Å²) in [5.74, 6) is 0.398. The third kappa shape index (κ3) is 3.21. The van der Waals surface area contributed by atoms with Crippen molar-refractivity contribution in [1.29, 1.82) is 0 Å². The third-order valence-electron chi connectivity index (χ3n) is 1.76. The number of hydrogen-bond donors (Lipinski definition) is 2. The lowest BCUT2D eigenvalue weighted by atomic mass is 10.2. The maximum atomic E-state index is 11.3. The highest BCUT2D eigenvalue weighted by molar-refractivity contribution is 5.94. The van der Waals surface area contributed by atoms with E-state index < -0.39 is 0 Å². The number of carbonyl (C=O) groups is 2. The van der Waals surface area contributed by atoms with Crippen LogP contribution in [0.3, 0.4) is 0 Å². The summed E-state index contributed by atoms with van der Waals surface area (Å²) in [4.78, 5) is 23.5. The fraction of sp³-hybridized carbons (Fsp3) is 0.750. The van der Waals surface area contributed by atoms with E-state index in [0.29, 0.717) is 25.6 Å². The second-order valence-corrected chi connectivity index (χ2v) is 3.46. The monoisotopic (exact) mass is 203 g/mol. The normalized spacial score (nSPS) is 15.1. The molecular formula is C8H17N3O3. The van der Waals surface area contributed by atoms with E-state index in [-0.39, 0.29) is 17.5 Å². The van der Waals surface area contributed by atoms with Gasteiger partial charge in [0.25, 0.3) is 0 Å². The van der Waals surface area contributed by atoms with Crippen LogP contribution in [0.15, 0.2) is 0 Å². The summed E-state index contributed by atoms with van der Waals surface area (Å²) in [6, 6.07) is -0.607. The van der Waals surface area contributed by atoms with Crippen molar-refractivity contribution in [2.24, 2.45) is 5.92 Å². The zero-order chi connectivity index (χ0) is 9.84. The second kappa shape index (κ2) is 5.43. The van der Waals surface area contributed by atoms with Crippen LogP contribution >= 0.6 is 0 Å². The van der Waals surface area contributed by atoms with Crippen LogP contribution in [-0.2, 0) is 0 Å². The van der Waals surface area contributed by atoms with Crippen LogP contribution in [0.5, 0.6) is 0 Å². The van der Waals surface area contributed by atoms with Gasteiger partial charge in [0.1, 0.15) is 0 Å². The van der Waals surface area contributed by atoms with Crippen LogP contribution in [0.1, 0.15) is 13.8 Å². The standard InChI is InChI=1S/C8H15N3O2.H2O/c1-6(2)5-10-8(13)11-4-3-9-7(11)12;/h6H,3-5H2,1-2H3,(H,9,12)(H,10,13);1H2. The van der Waals surface area contributed by atoms with Crippen molar-refractivity contribution in [3.05, 3.63) is 0 Å². The van der Waals surface area contributed by atoms with Crippen molar-refractivity contribution in [3.8, 4) is 0 Å². The highest BCUT2D eigenvalue weighted by Crippen LogP contribution is 1.97. The molecule has 0 unspecified atom stereocenters. The first-order valence-corrected chi connectivity index (χ1v) is 4.44. The van der Waals surface area contributed by atoms with Gasteiger partial charge in [-0.05, 0) is 5.92 Å². The largest absolute Gasteiger partial charge is 0.412 e. The lowest BCUT2D eigenvalue weighted by molar-refractivity contribution is 0.198. The molecule has 1 heterocycles. The van der Waals surface area contributed by atoms with Crippen molar-refractivity contribution in [1.82, 2.24) is 15.5 Å². The average Bonchev–Trinajstić information content (AvgIpc) is 2.47. The SMILES string of the molecule is CC(C)CNC(=O)N1CCNC1=O.O. The number of urea groups is 2. The Bertz CT molecular complexity index is 218. The summed E-state index contributed by atoms with van der Waals surface area (Å²) >= 11 is 0. The first kappa shape index (κ1) is 12.7. The highest BCUT2D eigenvalue weighted by Gasteiger charge is 2.25. The van der Waals surface area contributed by atoms with Crippen molar-refractivity contribution in [3.63, 3.8) is 0 Å². The van der Waals surface area contributed by atoms with Gasteiger partial charge >= 0.3 is 12.1 Å². The van der Waals surface area contributed by atoms with Crippen molar-refractivity contribution in [2.45, 2.75) is 13.8 Å². The van der Waals surface area contributed by atoms with Gasteiger partial charge in [-0.2, -0.15) is 0 Å². The predicted molar refractivity (Wildman–Crippen MR) is 52.0 cm³/mol. The van der Waals surface area contributed by atoms with Crippen LogP contribution in [0.2, 0.25) is 0 Å². The molecule has 0 spiro atoms. The van der Waals surface area contributed by atoms with Crippen LogP contribution in [-0.4, -0.2) is 42.1 Å². The maximum absolute atomic E-state index is 11.3. The van der Waals surface area contributed by atoms with Crippen LogP contribution in [0.4, 0.5) is 9.59 Å². The molecule has 4 amide bonds. The fourth-order valence-corrected chi connectivity index (χ4v) is 1.05. The van der Waals surface area contributed by atoms with E-state index in [4.69, 9.17) is 0 Å². The summed E-state index contributed by atoms with van der Waals surface area (Å²) in [5, 5.41) is 5.24. The number of imide groups is 1. The fourth-order valence-electron chi connectivity index (χ4n) is 1.05. The van der Waals surface area contributed by atoms with Crippen molar-refractivity contribution < 1.29 is 15.1 Å². The molecule has 0 atom stereocenters. The van der Waals surface area contributed by atoms with Crippen molar-refractivity contribution in [2.75, 3.05) is 19.6 Å². The van der Waals surface area contributed by atoms with Gasteiger partial charge in [0.2, 0.25) is 0 Å². The maximum Gasteiger partial charge on any atom is 0.325 e. The molecule has 0 bridgehead atoms. The summed E-state index contributed by atoms with van der Waals surface area (Å²) in [7, 11) is 0. The van der Waals surface area contributed by atoms with Crippen LogP contribution in [0, 0.1) is 5.92 Å². The van der Waals surface area contributed by atoms with E-state index in [1.54, 1.807) is 0 Å². The molecule has 0 aromatic heterocycles. The molecule has 14 heavy (non-hydrogen) atoms. The summed E-state index contributed by atoms with van der Waals surface area (Å²) in [6.07, 6.45) is 0. The molecule has 0 saturated carbocycles. The minimum absolute atomic E-state index is 0. The molecule has 0 aliphatic carbocycles. The summed E-state index contributed by atoms with van der Waals surface area (Å²) < 4.78 is 0. The Morgan fingerprint density at radius 3 is 2.71 bits per heavy atom. The van der Waals surface area contributed by atoms with E-state index in [1.807, 2.05) is 13.8 Å². The van der Waals surface area contributed by atoms with Crippen LogP contribution in [0.25, 0.3) is 0 Å². The quantitative estimate of drug-likeness (QED) is 0.636. The van der Waals surface area contributed by atoms with E-state index in [2.05, 4.69) is 10.6 Å². The molecule has 82 valence electrons. The number of nitrogens with zero attached hydrogens (tertiary/aromatic N) is 1. The summed E-state index contributed by atoms with van der Waals surface area (Å²) in [5.41, 5.74) is 0. The number of carbonyl (C=O) groups excluding carboxylic acids is 2. The molecule has 0 radical (unpaired) electrons. The number of amides is 4. The molecule has 1 saturated heterocycles. The van der Waals surface area contributed by atoms with E-state index in [9.17, 15) is 9.59 Å². The topological polar surface area (TPSA) is 92.9 Å². The molecule has 6 nitrogen and oxygen atoms in total. The van der Waals surface area contributed by atoms with Gasteiger partial charge in [-0.1, -0.05) is 13.8 Å². The van der Waals surface area contributed by atoms with E-state index in [0.717, 1.165) is 0 Å². The lowest BCUT2D eigenvalue weighted by Crippen LogP contribution is -2.43. The molecule has 6 heteroatoms. The molecule has 0 aromatic carbocycles. The number of nitrogens with one attached hydrogen (secondary N) is 2. The minimum atomic E-state index is -0.304. The smallest absolute Gasteiger partial charge is 0.325 e. The van der Waals surface area contributed by atoms with Gasteiger partial charge in [-0.3, -0.25) is 0 Å². The van der Waals surface area contributed by atoms with Crippen LogP contribution < -0.4 is 10.6 Å². The van der Waals surface area contributed by atoms with Gasteiger partial charge < -0.3 is 16.1 Å². The molecular weight excluding hydrogens is 186 g/mol. The van der Waals surface area contributed by atoms with Gasteiger partial charge in [0.05, 0.1) is 0 Å². The van der Waals surface area contributed by atoms with E-state index >= 15 is 0 Å². The third-order valence-corrected chi connectivity index (χ3v) is 1.76. The van der Waals surface area contributed by atoms with Gasteiger partial charge in [-0.15, -0.1) is 0 Å². The molecule has 4 N–H and O–H groups in total. The lowest BCUT2D eigenvalue weighted by Gasteiger charge is -2.14. The van der Waals surface area contributed by atoms with E-state index in [1.165, 1.54) is 4.90 Å². The molecule has 1 aliphatic heterocycles. The molecule has 0 aromatic rings. The van der Waals surface area contributed by atoms with Gasteiger partial charge in [0.15, 0.2) is 0 Å². The highest BCUT2D eigenvalue weighted by atomic mass is 16.2. The Kier molecular flexibility index (Phi) is 4.93. The number of hydrogen-bond acceptors (Lipinski definition) is 2. The second-order valence-electron chi connectivity index (χ2n) is 3.46. The van der Waals surface area contributed by atoms with Gasteiger partial charge in [-0.25, -0.2) is 14.5 Å². The number of rotatable bonds is 2. The van der Waals surface area contributed by atoms with Crippen molar-refractivity contribution >= 4 is 12.1 Å². The molecule has 1 aliphatic rings. The Morgan fingerprint density at radius 2 is 2.29 bits per heavy atom. The Morgan fingerprint density at radius 1 is 1.64 bits per heavy atom. The Balaban J connectivity index is 0.00000169. The minimum Gasteiger partial charge on any atom is -0.412 e. The molecule has 1 rings (SSSR count).